The summed E-state index contributed by atoms with van der Waals surface area (Å²) in [5.41, 5.74) is 4.32. The monoisotopic (exact) mass is 593 g/mol. The van der Waals surface area contributed by atoms with E-state index in [1.807, 2.05) is 42.5 Å². The molecule has 1 unspecified atom stereocenters. The number of hydrogen-bond acceptors (Lipinski definition) is 6. The van der Waals surface area contributed by atoms with Crippen LogP contribution in [0.15, 0.2) is 80.5 Å². The van der Waals surface area contributed by atoms with E-state index in [0.717, 1.165) is 35.2 Å². The predicted molar refractivity (Wildman–Crippen MR) is 147 cm³/mol. The smallest absolute Gasteiger partial charge is 0.312 e. The molecule has 10 heteroatoms. The van der Waals surface area contributed by atoms with Gasteiger partial charge in [0.25, 0.3) is 5.56 Å². The summed E-state index contributed by atoms with van der Waals surface area (Å²) >= 11 is 11.1. The van der Waals surface area contributed by atoms with Crippen molar-refractivity contribution in [3.8, 4) is 5.75 Å². The highest BCUT2D eigenvalue weighted by Gasteiger charge is 2.33. The Bertz CT molecular complexity index is 1840. The van der Waals surface area contributed by atoms with Crippen molar-refractivity contribution in [3.05, 3.63) is 128 Å². The van der Waals surface area contributed by atoms with E-state index in [9.17, 15) is 20.0 Å². The first kappa shape index (κ1) is 23.8. The van der Waals surface area contributed by atoms with E-state index < -0.39 is 22.4 Å². The van der Waals surface area contributed by atoms with Gasteiger partial charge in [-0.05, 0) is 47.8 Å². The van der Waals surface area contributed by atoms with E-state index in [4.69, 9.17) is 16.6 Å². The van der Waals surface area contributed by atoms with Gasteiger partial charge in [-0.1, -0.05) is 81.3 Å². The third-order valence-corrected chi connectivity index (χ3v) is 8.43. The van der Waals surface area contributed by atoms with E-state index in [2.05, 4.69) is 22.0 Å². The number of nitrogens with zero attached hydrogens (tertiary/aromatic N) is 3. The van der Waals surface area contributed by atoms with Crippen molar-refractivity contribution in [2.24, 2.45) is 4.99 Å². The first-order valence-corrected chi connectivity index (χ1v) is 13.4. The van der Waals surface area contributed by atoms with Gasteiger partial charge in [0.2, 0.25) is 5.75 Å². The Kier molecular flexibility index (Phi) is 5.86. The fraction of sp³-hybridized carbons (Fsp3) is 0.111. The highest BCUT2D eigenvalue weighted by Crippen LogP contribution is 2.42. The molecule has 2 aliphatic rings. The summed E-state index contributed by atoms with van der Waals surface area (Å²) in [7, 11) is 0. The van der Waals surface area contributed by atoms with Crippen molar-refractivity contribution in [1.82, 2.24) is 4.57 Å². The molecule has 0 amide bonds. The minimum Gasteiger partial charge on any atom is -0.502 e. The van der Waals surface area contributed by atoms with Crippen molar-refractivity contribution in [3.63, 3.8) is 0 Å². The molecule has 3 aromatic carbocycles. The van der Waals surface area contributed by atoms with Crippen LogP contribution < -0.4 is 14.9 Å². The normalized spacial score (nSPS) is 16.6. The van der Waals surface area contributed by atoms with Crippen molar-refractivity contribution < 1.29 is 10.0 Å². The summed E-state index contributed by atoms with van der Waals surface area (Å²) in [5, 5.41) is 22.5. The third kappa shape index (κ3) is 3.94. The van der Waals surface area contributed by atoms with E-state index >= 15 is 0 Å². The van der Waals surface area contributed by atoms with Gasteiger partial charge in [0, 0.05) is 26.7 Å². The summed E-state index contributed by atoms with van der Waals surface area (Å²) in [5.74, 6) is -0.505. The molecule has 0 saturated carbocycles. The first-order valence-electron chi connectivity index (χ1n) is 11.4. The lowest BCUT2D eigenvalue weighted by Gasteiger charge is -2.31. The van der Waals surface area contributed by atoms with Crippen LogP contribution >= 0.6 is 38.9 Å². The van der Waals surface area contributed by atoms with Crippen LogP contribution in [0.1, 0.15) is 34.7 Å². The van der Waals surface area contributed by atoms with Crippen LogP contribution in [-0.2, 0) is 6.42 Å². The number of aryl methyl sites for hydroxylation is 1. The molecule has 2 heterocycles. The maximum Gasteiger partial charge on any atom is 0.312 e. The summed E-state index contributed by atoms with van der Waals surface area (Å²) < 4.78 is 2.36. The zero-order chi connectivity index (χ0) is 25.8. The molecule has 7 nitrogen and oxygen atoms in total. The number of hydrogen-bond donors (Lipinski definition) is 1. The summed E-state index contributed by atoms with van der Waals surface area (Å²) in [6, 6.07) is 17.9. The molecule has 0 radical (unpaired) electrons. The van der Waals surface area contributed by atoms with Crippen LogP contribution in [0, 0.1) is 10.1 Å². The molecule has 0 spiro atoms. The average Bonchev–Trinajstić information content (AvgIpc) is 3.19. The van der Waals surface area contributed by atoms with E-state index in [1.54, 1.807) is 4.57 Å². The summed E-state index contributed by atoms with van der Waals surface area (Å²) in [4.78, 5) is 30.0. The van der Waals surface area contributed by atoms with Crippen molar-refractivity contribution in [1.29, 1.82) is 0 Å². The van der Waals surface area contributed by atoms with Crippen LogP contribution in [0.5, 0.6) is 5.75 Å². The number of benzene rings is 3. The Morgan fingerprint density at radius 2 is 1.92 bits per heavy atom. The fourth-order valence-electron chi connectivity index (χ4n) is 4.99. The van der Waals surface area contributed by atoms with Gasteiger partial charge < -0.3 is 5.11 Å². The van der Waals surface area contributed by atoms with Gasteiger partial charge in [0.15, 0.2) is 4.80 Å². The number of fused-ring (bicyclic) bond motifs is 3. The maximum atomic E-state index is 13.8. The van der Waals surface area contributed by atoms with Crippen LogP contribution in [0.4, 0.5) is 5.69 Å². The second kappa shape index (κ2) is 9.09. The van der Waals surface area contributed by atoms with E-state index in [0.29, 0.717) is 18.8 Å². The number of thiazole rings is 1. The average molecular weight is 595 g/mol. The number of aromatic hydroxyl groups is 1. The lowest BCUT2D eigenvalue weighted by Crippen LogP contribution is -2.38. The number of rotatable bonds is 3. The van der Waals surface area contributed by atoms with Crippen LogP contribution in [0.25, 0.3) is 11.8 Å². The standard InChI is InChI=1S/C27H17BrClN3O4S/c28-16-11-15(25(33)21(13-16)32(35)36)12-22-26(34)31-24(18-7-3-4-8-20(18)29)19-10-9-14-5-1-2-6-17(14)23(19)30-27(31)37-22/h1-8,11-13,24,33H,9-10H2/b22-12+. The highest BCUT2D eigenvalue weighted by molar-refractivity contribution is 9.10. The minimum atomic E-state index is -0.665. The lowest BCUT2D eigenvalue weighted by molar-refractivity contribution is -0.385. The zero-order valence-electron chi connectivity index (χ0n) is 19.0. The van der Waals surface area contributed by atoms with Gasteiger partial charge >= 0.3 is 5.69 Å². The first-order chi connectivity index (χ1) is 17.8. The quantitative estimate of drug-likeness (QED) is 0.255. The molecule has 0 saturated heterocycles. The van der Waals surface area contributed by atoms with Crippen molar-refractivity contribution >= 4 is 56.3 Å². The number of phenols is 1. The largest absolute Gasteiger partial charge is 0.502 e. The minimum absolute atomic E-state index is 0.162. The Hall–Kier alpha value is -3.53. The van der Waals surface area contributed by atoms with Gasteiger partial charge in [0.05, 0.1) is 21.2 Å². The number of aromatic nitrogens is 1. The van der Waals surface area contributed by atoms with E-state index in [-0.39, 0.29) is 11.1 Å². The molecule has 37 heavy (non-hydrogen) atoms. The number of nitro benzene ring substituents is 1. The molecule has 1 aliphatic heterocycles. The Morgan fingerprint density at radius 1 is 1.16 bits per heavy atom. The zero-order valence-corrected chi connectivity index (χ0v) is 22.2. The molecule has 1 atom stereocenters. The molecule has 1 aliphatic carbocycles. The lowest BCUT2D eigenvalue weighted by atomic mass is 9.83. The molecular formula is C27H17BrClN3O4S. The fourth-order valence-corrected chi connectivity index (χ4v) is 6.69. The van der Waals surface area contributed by atoms with E-state index in [1.165, 1.54) is 35.1 Å². The van der Waals surface area contributed by atoms with Gasteiger partial charge in [-0.3, -0.25) is 19.5 Å². The second-order valence-electron chi connectivity index (χ2n) is 8.76. The van der Waals surface area contributed by atoms with Crippen molar-refractivity contribution in [2.45, 2.75) is 18.9 Å². The molecule has 1 aromatic heterocycles. The highest BCUT2D eigenvalue weighted by atomic mass is 79.9. The van der Waals surface area contributed by atoms with Gasteiger partial charge in [-0.2, -0.15) is 0 Å². The van der Waals surface area contributed by atoms with Crippen LogP contribution in [0.2, 0.25) is 5.02 Å². The van der Waals surface area contributed by atoms with Crippen LogP contribution in [-0.4, -0.2) is 14.6 Å². The molecule has 184 valence electrons. The second-order valence-corrected chi connectivity index (χ2v) is 11.1. The van der Waals surface area contributed by atoms with Gasteiger partial charge in [-0.15, -0.1) is 0 Å². The molecule has 0 bridgehead atoms. The Morgan fingerprint density at radius 3 is 2.70 bits per heavy atom. The number of nitro groups is 1. The van der Waals surface area contributed by atoms with Crippen molar-refractivity contribution in [2.75, 3.05) is 0 Å². The summed E-state index contributed by atoms with van der Waals surface area (Å²) in [6.45, 7) is 0. The number of allylic oxidation sites excluding steroid dienone is 1. The SMILES string of the molecule is O=c1/c(=C\c2cc(Br)cc([N+](=O)[O-])c2O)sc2n1C(c1ccccc1Cl)C1=C(N=2)c2ccccc2CC1. The molecule has 4 aromatic rings. The number of halogens is 2. The Labute approximate surface area is 227 Å². The predicted octanol–water partition coefficient (Wildman–Crippen LogP) is 5.35. The molecular weight excluding hydrogens is 578 g/mol. The number of phenolic OH excluding ortho intramolecular Hbond substituents is 1. The van der Waals surface area contributed by atoms with Crippen LogP contribution in [0.3, 0.4) is 0 Å². The molecule has 0 fully saturated rings. The Balaban J connectivity index is 1.64. The molecule has 1 N–H and O–H groups in total. The third-order valence-electron chi connectivity index (χ3n) is 6.64. The van der Waals surface area contributed by atoms with Gasteiger partial charge in [0.1, 0.15) is 0 Å². The summed E-state index contributed by atoms with van der Waals surface area (Å²) in [6.07, 6.45) is 3.02. The molecule has 6 rings (SSSR count). The van der Waals surface area contributed by atoms with Gasteiger partial charge in [-0.25, -0.2) is 4.99 Å². The maximum absolute atomic E-state index is 13.8. The topological polar surface area (TPSA) is 97.7 Å².